The van der Waals surface area contributed by atoms with Crippen molar-refractivity contribution in [3.8, 4) is 0 Å². The van der Waals surface area contributed by atoms with E-state index in [2.05, 4.69) is 0 Å². The molecule has 2 aliphatic rings. The van der Waals surface area contributed by atoms with Crippen molar-refractivity contribution in [1.82, 2.24) is 4.90 Å². The van der Waals surface area contributed by atoms with Gasteiger partial charge in [0.1, 0.15) is 5.82 Å². The summed E-state index contributed by atoms with van der Waals surface area (Å²) >= 11 is 0. The summed E-state index contributed by atoms with van der Waals surface area (Å²) in [5.74, 6) is 1.40. The third-order valence-electron chi connectivity index (χ3n) is 4.60. The first-order chi connectivity index (χ1) is 9.22. The molecule has 3 heteroatoms. The van der Waals surface area contributed by atoms with E-state index in [4.69, 9.17) is 0 Å². The largest absolute Gasteiger partial charge is 0.342 e. The van der Waals surface area contributed by atoms with Gasteiger partial charge in [-0.15, -0.1) is 0 Å². The number of halogens is 1. The summed E-state index contributed by atoms with van der Waals surface area (Å²) in [5.41, 5.74) is 0.904. The first kappa shape index (κ1) is 12.6. The van der Waals surface area contributed by atoms with Crippen LogP contribution in [0.15, 0.2) is 24.3 Å². The number of likely N-dealkylation sites (tertiary alicyclic amines) is 1. The summed E-state index contributed by atoms with van der Waals surface area (Å²) in [4.78, 5) is 14.3. The predicted molar refractivity (Wildman–Crippen MR) is 72.1 cm³/mol. The van der Waals surface area contributed by atoms with Crippen molar-refractivity contribution in [2.45, 2.75) is 32.1 Å². The number of nitrogens with zero attached hydrogens (tertiary/aromatic N) is 1. The molecule has 0 spiro atoms. The zero-order valence-electron chi connectivity index (χ0n) is 11.1. The van der Waals surface area contributed by atoms with Crippen LogP contribution < -0.4 is 0 Å². The molecule has 1 aliphatic carbocycles. The van der Waals surface area contributed by atoms with Gasteiger partial charge in [0.15, 0.2) is 0 Å². The van der Waals surface area contributed by atoms with E-state index < -0.39 is 0 Å². The molecule has 1 saturated carbocycles. The van der Waals surface area contributed by atoms with Crippen LogP contribution in [0.25, 0.3) is 0 Å². The van der Waals surface area contributed by atoms with E-state index in [1.807, 2.05) is 4.90 Å². The number of hydrogen-bond donors (Lipinski definition) is 0. The van der Waals surface area contributed by atoms with Gasteiger partial charge in [-0.1, -0.05) is 25.0 Å². The number of rotatable bonds is 2. The quantitative estimate of drug-likeness (QED) is 0.801. The van der Waals surface area contributed by atoms with Crippen molar-refractivity contribution < 1.29 is 9.18 Å². The van der Waals surface area contributed by atoms with Gasteiger partial charge in [-0.2, -0.15) is 0 Å². The van der Waals surface area contributed by atoms with Crippen LogP contribution in [0.5, 0.6) is 0 Å². The molecule has 1 amide bonds. The SMILES string of the molecule is O=C(Cc1ccc(F)cc1)N1CC2CCCCC2C1. The first-order valence-corrected chi connectivity index (χ1v) is 7.24. The number of fused-ring (bicyclic) bond motifs is 1. The number of carbonyl (C=O) groups excluding carboxylic acids is 1. The Morgan fingerprint density at radius 1 is 1.11 bits per heavy atom. The Morgan fingerprint density at radius 2 is 1.68 bits per heavy atom. The van der Waals surface area contributed by atoms with Gasteiger partial charge >= 0.3 is 0 Å². The van der Waals surface area contributed by atoms with Crippen LogP contribution in [-0.4, -0.2) is 23.9 Å². The lowest BCUT2D eigenvalue weighted by molar-refractivity contribution is -0.129. The van der Waals surface area contributed by atoms with E-state index in [9.17, 15) is 9.18 Å². The van der Waals surface area contributed by atoms with Crippen molar-refractivity contribution in [2.24, 2.45) is 11.8 Å². The molecule has 0 bridgehead atoms. The molecule has 1 aromatic carbocycles. The van der Waals surface area contributed by atoms with Crippen LogP contribution in [0.2, 0.25) is 0 Å². The summed E-state index contributed by atoms with van der Waals surface area (Å²) in [6.45, 7) is 1.87. The van der Waals surface area contributed by atoms with Gasteiger partial charge in [0, 0.05) is 13.1 Å². The molecule has 1 saturated heterocycles. The Bertz CT molecular complexity index is 442. The van der Waals surface area contributed by atoms with Gasteiger partial charge in [0.25, 0.3) is 0 Å². The van der Waals surface area contributed by atoms with Crippen LogP contribution >= 0.6 is 0 Å². The van der Waals surface area contributed by atoms with Gasteiger partial charge in [0.05, 0.1) is 6.42 Å². The highest BCUT2D eigenvalue weighted by Crippen LogP contribution is 2.36. The number of carbonyl (C=O) groups is 1. The summed E-state index contributed by atoms with van der Waals surface area (Å²) < 4.78 is 12.8. The van der Waals surface area contributed by atoms with Gasteiger partial charge in [-0.25, -0.2) is 4.39 Å². The molecule has 1 aromatic rings. The third-order valence-corrected chi connectivity index (χ3v) is 4.60. The van der Waals surface area contributed by atoms with Crippen molar-refractivity contribution >= 4 is 5.91 Å². The standard InChI is InChI=1S/C16H20FNO/c17-15-7-5-12(6-8-15)9-16(19)18-10-13-3-1-2-4-14(13)11-18/h5-8,13-14H,1-4,9-11H2. The second-order valence-corrected chi connectivity index (χ2v) is 5.91. The first-order valence-electron chi connectivity index (χ1n) is 7.24. The van der Waals surface area contributed by atoms with Crippen LogP contribution in [-0.2, 0) is 11.2 Å². The lowest BCUT2D eigenvalue weighted by Crippen LogP contribution is -2.30. The molecule has 2 fully saturated rings. The van der Waals surface area contributed by atoms with Gasteiger partial charge in [0.2, 0.25) is 5.91 Å². The molecule has 19 heavy (non-hydrogen) atoms. The molecular weight excluding hydrogens is 241 g/mol. The molecule has 102 valence electrons. The average Bonchev–Trinajstić information content (AvgIpc) is 2.85. The molecule has 1 heterocycles. The van der Waals surface area contributed by atoms with Gasteiger partial charge in [-0.3, -0.25) is 4.79 Å². The Morgan fingerprint density at radius 3 is 2.26 bits per heavy atom. The molecule has 2 atom stereocenters. The minimum atomic E-state index is -0.247. The van der Waals surface area contributed by atoms with Crippen molar-refractivity contribution in [3.05, 3.63) is 35.6 Å². The molecule has 1 aliphatic heterocycles. The van der Waals surface area contributed by atoms with Crippen molar-refractivity contribution in [3.63, 3.8) is 0 Å². The fourth-order valence-electron chi connectivity index (χ4n) is 3.50. The zero-order valence-corrected chi connectivity index (χ0v) is 11.1. The summed E-state index contributed by atoms with van der Waals surface area (Å²) in [7, 11) is 0. The summed E-state index contributed by atoms with van der Waals surface area (Å²) in [6.07, 6.45) is 5.61. The van der Waals surface area contributed by atoms with E-state index in [0.717, 1.165) is 30.5 Å². The Balaban J connectivity index is 1.60. The van der Waals surface area contributed by atoms with Crippen molar-refractivity contribution in [2.75, 3.05) is 13.1 Å². The van der Waals surface area contributed by atoms with E-state index in [1.54, 1.807) is 12.1 Å². The number of amides is 1. The number of hydrogen-bond acceptors (Lipinski definition) is 1. The zero-order chi connectivity index (χ0) is 13.2. The fourth-order valence-corrected chi connectivity index (χ4v) is 3.50. The van der Waals surface area contributed by atoms with E-state index in [0.29, 0.717) is 6.42 Å². The Kier molecular flexibility index (Phi) is 3.54. The summed E-state index contributed by atoms with van der Waals surface area (Å²) in [5, 5.41) is 0. The fraction of sp³-hybridized carbons (Fsp3) is 0.562. The Hall–Kier alpha value is -1.38. The average molecular weight is 261 g/mol. The van der Waals surface area contributed by atoms with Crippen LogP contribution in [0.1, 0.15) is 31.2 Å². The van der Waals surface area contributed by atoms with E-state index in [-0.39, 0.29) is 11.7 Å². The lowest BCUT2D eigenvalue weighted by Gasteiger charge is -2.22. The van der Waals surface area contributed by atoms with Gasteiger partial charge < -0.3 is 4.90 Å². The number of benzene rings is 1. The molecule has 0 radical (unpaired) electrons. The smallest absolute Gasteiger partial charge is 0.227 e. The highest BCUT2D eigenvalue weighted by atomic mass is 19.1. The molecule has 3 rings (SSSR count). The van der Waals surface area contributed by atoms with Crippen LogP contribution in [0.3, 0.4) is 0 Å². The summed E-state index contributed by atoms with van der Waals surface area (Å²) in [6, 6.07) is 6.26. The van der Waals surface area contributed by atoms with Crippen LogP contribution in [0.4, 0.5) is 4.39 Å². The van der Waals surface area contributed by atoms with E-state index in [1.165, 1.54) is 37.8 Å². The third kappa shape index (κ3) is 2.80. The van der Waals surface area contributed by atoms with E-state index >= 15 is 0 Å². The second kappa shape index (κ2) is 5.32. The maximum Gasteiger partial charge on any atom is 0.227 e. The minimum Gasteiger partial charge on any atom is -0.342 e. The highest BCUT2D eigenvalue weighted by Gasteiger charge is 2.36. The van der Waals surface area contributed by atoms with Crippen LogP contribution in [0, 0.1) is 17.7 Å². The maximum absolute atomic E-state index is 12.8. The van der Waals surface area contributed by atoms with Gasteiger partial charge in [-0.05, 0) is 42.4 Å². The molecule has 0 aromatic heterocycles. The maximum atomic E-state index is 12.8. The molecule has 2 nitrogen and oxygen atoms in total. The molecular formula is C16H20FNO. The highest BCUT2D eigenvalue weighted by molar-refractivity contribution is 5.79. The lowest BCUT2D eigenvalue weighted by atomic mass is 9.82. The predicted octanol–water partition coefficient (Wildman–Crippen LogP) is 3.02. The molecule has 0 N–H and O–H groups in total. The van der Waals surface area contributed by atoms with Crippen molar-refractivity contribution in [1.29, 1.82) is 0 Å². The molecule has 2 unspecified atom stereocenters. The minimum absolute atomic E-state index is 0.195. The normalized spacial score (nSPS) is 26.3. The second-order valence-electron chi connectivity index (χ2n) is 5.91. The topological polar surface area (TPSA) is 20.3 Å². The monoisotopic (exact) mass is 261 g/mol. The Labute approximate surface area is 113 Å².